The molecule has 1 unspecified atom stereocenters. The standard InChI is InChI=1S/C19H22N2O4S/c1-3-25-15-6-4-13(5-7-15)17-20-14(11-26-17)10-16(22)21-9-8-19(2,12-21)18(23)24/h4-7,11H,3,8-10,12H2,1-2H3,(H,23,24). The number of nitrogens with zero attached hydrogens (tertiary/aromatic N) is 2. The number of carbonyl (C=O) groups is 2. The first-order valence-corrected chi connectivity index (χ1v) is 9.48. The van der Waals surface area contributed by atoms with E-state index in [-0.39, 0.29) is 18.9 Å². The van der Waals surface area contributed by atoms with Crippen LogP contribution in [-0.4, -0.2) is 46.6 Å². The predicted molar refractivity (Wildman–Crippen MR) is 99.4 cm³/mol. The van der Waals surface area contributed by atoms with Gasteiger partial charge in [-0.15, -0.1) is 11.3 Å². The largest absolute Gasteiger partial charge is 0.494 e. The Morgan fingerprint density at radius 3 is 2.69 bits per heavy atom. The second-order valence-corrected chi connectivity index (χ2v) is 7.57. The molecule has 1 aromatic heterocycles. The maximum absolute atomic E-state index is 12.5. The van der Waals surface area contributed by atoms with Gasteiger partial charge >= 0.3 is 5.97 Å². The molecular formula is C19H22N2O4S. The van der Waals surface area contributed by atoms with Crippen LogP contribution in [0, 0.1) is 5.41 Å². The number of benzene rings is 1. The van der Waals surface area contributed by atoms with Crippen LogP contribution >= 0.6 is 11.3 Å². The van der Waals surface area contributed by atoms with Crippen molar-refractivity contribution in [2.45, 2.75) is 26.7 Å². The van der Waals surface area contributed by atoms with Crippen LogP contribution in [0.25, 0.3) is 10.6 Å². The van der Waals surface area contributed by atoms with E-state index in [9.17, 15) is 14.7 Å². The van der Waals surface area contributed by atoms with Crippen LogP contribution in [0.5, 0.6) is 5.75 Å². The SMILES string of the molecule is CCOc1ccc(-c2nc(CC(=O)N3CCC(C)(C(=O)O)C3)cs2)cc1. The first kappa shape index (κ1) is 18.4. The first-order valence-electron chi connectivity index (χ1n) is 8.60. The number of carboxylic acids is 1. The highest BCUT2D eigenvalue weighted by molar-refractivity contribution is 7.13. The number of thiazole rings is 1. The van der Waals surface area contributed by atoms with Crippen LogP contribution in [0.3, 0.4) is 0 Å². The minimum atomic E-state index is -0.848. The van der Waals surface area contributed by atoms with Crippen molar-refractivity contribution in [3.05, 3.63) is 35.3 Å². The van der Waals surface area contributed by atoms with Crippen molar-refractivity contribution in [1.82, 2.24) is 9.88 Å². The first-order chi connectivity index (χ1) is 12.4. The Bertz CT molecular complexity index is 802. The Hall–Kier alpha value is -2.41. The van der Waals surface area contributed by atoms with Gasteiger partial charge in [0.05, 0.1) is 24.1 Å². The molecule has 26 heavy (non-hydrogen) atoms. The van der Waals surface area contributed by atoms with Crippen LogP contribution in [0.1, 0.15) is 26.0 Å². The third-order valence-corrected chi connectivity index (χ3v) is 5.58. The van der Waals surface area contributed by atoms with Crippen molar-refractivity contribution in [3.8, 4) is 16.3 Å². The van der Waals surface area contributed by atoms with Crippen molar-refractivity contribution >= 4 is 23.2 Å². The van der Waals surface area contributed by atoms with Crippen molar-refractivity contribution in [2.75, 3.05) is 19.7 Å². The van der Waals surface area contributed by atoms with Gasteiger partial charge in [0.15, 0.2) is 0 Å². The van der Waals surface area contributed by atoms with Gasteiger partial charge in [0.1, 0.15) is 10.8 Å². The Kier molecular flexibility index (Phi) is 5.27. The van der Waals surface area contributed by atoms with E-state index in [1.165, 1.54) is 11.3 Å². The lowest BCUT2D eigenvalue weighted by atomic mass is 9.90. The predicted octanol–water partition coefficient (Wildman–Crippen LogP) is 3.07. The average Bonchev–Trinajstić information content (AvgIpc) is 3.24. The molecule has 0 spiro atoms. The number of ether oxygens (including phenoxy) is 1. The molecule has 1 atom stereocenters. The van der Waals surface area contributed by atoms with Crippen molar-refractivity contribution in [3.63, 3.8) is 0 Å². The monoisotopic (exact) mass is 374 g/mol. The third-order valence-electron chi connectivity index (χ3n) is 4.64. The van der Waals surface area contributed by atoms with Gasteiger partial charge in [-0.05, 0) is 44.5 Å². The molecule has 6 nitrogen and oxygen atoms in total. The number of rotatable bonds is 6. The Morgan fingerprint density at radius 2 is 2.08 bits per heavy atom. The van der Waals surface area contributed by atoms with E-state index in [1.807, 2.05) is 36.6 Å². The highest BCUT2D eigenvalue weighted by atomic mass is 32.1. The van der Waals surface area contributed by atoms with Crippen molar-refractivity contribution in [1.29, 1.82) is 0 Å². The number of amides is 1. The van der Waals surface area contributed by atoms with E-state index in [2.05, 4.69) is 4.98 Å². The normalized spacial score (nSPS) is 19.5. The third kappa shape index (κ3) is 3.88. The molecule has 0 bridgehead atoms. The minimum Gasteiger partial charge on any atom is -0.494 e. The van der Waals surface area contributed by atoms with Crippen molar-refractivity contribution in [2.24, 2.45) is 5.41 Å². The molecule has 0 saturated carbocycles. The van der Waals surface area contributed by atoms with E-state index in [1.54, 1.807) is 11.8 Å². The van der Waals surface area contributed by atoms with Gasteiger partial charge in [0, 0.05) is 24.0 Å². The molecule has 0 radical (unpaired) electrons. The zero-order valence-electron chi connectivity index (χ0n) is 14.9. The summed E-state index contributed by atoms with van der Waals surface area (Å²) in [6.07, 6.45) is 0.686. The summed E-state index contributed by atoms with van der Waals surface area (Å²) >= 11 is 1.49. The van der Waals surface area contributed by atoms with Gasteiger partial charge < -0.3 is 14.7 Å². The number of aliphatic carboxylic acids is 1. The molecule has 138 valence electrons. The molecule has 7 heteroatoms. The molecule has 2 aromatic rings. The number of hydrogen-bond acceptors (Lipinski definition) is 5. The Labute approximate surface area is 156 Å². The summed E-state index contributed by atoms with van der Waals surface area (Å²) in [7, 11) is 0. The summed E-state index contributed by atoms with van der Waals surface area (Å²) in [6.45, 7) is 5.00. The number of aromatic nitrogens is 1. The number of likely N-dealkylation sites (tertiary alicyclic amines) is 1. The molecule has 1 aliphatic heterocycles. The summed E-state index contributed by atoms with van der Waals surface area (Å²) in [6, 6.07) is 7.71. The van der Waals surface area contributed by atoms with Gasteiger partial charge in [-0.25, -0.2) is 4.98 Å². The summed E-state index contributed by atoms with van der Waals surface area (Å²) in [5.74, 6) is -0.100. The fourth-order valence-corrected chi connectivity index (χ4v) is 3.82. The lowest BCUT2D eigenvalue weighted by Gasteiger charge is -2.19. The molecule has 1 aromatic carbocycles. The van der Waals surface area contributed by atoms with E-state index in [0.717, 1.165) is 16.3 Å². The van der Waals surface area contributed by atoms with Gasteiger partial charge in [0.2, 0.25) is 5.91 Å². The average molecular weight is 374 g/mol. The fraction of sp³-hybridized carbons (Fsp3) is 0.421. The van der Waals surface area contributed by atoms with Crippen LogP contribution in [0.2, 0.25) is 0 Å². The number of carboxylic acid groups (broad SMARTS) is 1. The lowest BCUT2D eigenvalue weighted by molar-refractivity contribution is -0.147. The quantitative estimate of drug-likeness (QED) is 0.840. The number of hydrogen-bond donors (Lipinski definition) is 1. The fourth-order valence-electron chi connectivity index (χ4n) is 3.00. The molecule has 2 heterocycles. The summed E-state index contributed by atoms with van der Waals surface area (Å²) in [4.78, 5) is 30.0. The second kappa shape index (κ2) is 7.45. The zero-order chi connectivity index (χ0) is 18.7. The minimum absolute atomic E-state index is 0.0708. The highest BCUT2D eigenvalue weighted by Gasteiger charge is 2.42. The molecular weight excluding hydrogens is 352 g/mol. The lowest BCUT2D eigenvalue weighted by Crippen LogP contribution is -2.35. The van der Waals surface area contributed by atoms with Gasteiger partial charge in [-0.2, -0.15) is 0 Å². The molecule has 1 aliphatic rings. The molecule has 1 fully saturated rings. The smallest absolute Gasteiger partial charge is 0.311 e. The zero-order valence-corrected chi connectivity index (χ0v) is 15.7. The maximum atomic E-state index is 12.5. The summed E-state index contributed by atoms with van der Waals surface area (Å²) in [5.41, 5.74) is 0.857. The molecule has 0 aliphatic carbocycles. The van der Waals surface area contributed by atoms with E-state index < -0.39 is 11.4 Å². The molecule has 1 saturated heterocycles. The van der Waals surface area contributed by atoms with Gasteiger partial charge in [0.25, 0.3) is 0 Å². The van der Waals surface area contributed by atoms with Crippen LogP contribution in [-0.2, 0) is 16.0 Å². The van der Waals surface area contributed by atoms with Crippen molar-refractivity contribution < 1.29 is 19.4 Å². The Balaban J connectivity index is 1.63. The summed E-state index contributed by atoms with van der Waals surface area (Å²) in [5, 5.41) is 12.0. The number of carbonyl (C=O) groups excluding carboxylic acids is 1. The van der Waals surface area contributed by atoms with E-state index >= 15 is 0 Å². The van der Waals surface area contributed by atoms with Crippen LogP contribution in [0.15, 0.2) is 29.6 Å². The molecule has 3 rings (SSSR count). The molecule has 1 amide bonds. The van der Waals surface area contributed by atoms with Gasteiger partial charge in [-0.3, -0.25) is 9.59 Å². The van der Waals surface area contributed by atoms with Crippen LogP contribution in [0.4, 0.5) is 0 Å². The molecule has 1 N–H and O–H groups in total. The van der Waals surface area contributed by atoms with E-state index in [0.29, 0.717) is 25.3 Å². The van der Waals surface area contributed by atoms with Gasteiger partial charge in [-0.1, -0.05) is 0 Å². The highest BCUT2D eigenvalue weighted by Crippen LogP contribution is 2.31. The maximum Gasteiger partial charge on any atom is 0.311 e. The van der Waals surface area contributed by atoms with E-state index in [4.69, 9.17) is 4.74 Å². The topological polar surface area (TPSA) is 79.7 Å². The Morgan fingerprint density at radius 1 is 1.35 bits per heavy atom. The summed E-state index contributed by atoms with van der Waals surface area (Å²) < 4.78 is 5.44. The van der Waals surface area contributed by atoms with Crippen LogP contribution < -0.4 is 4.74 Å². The second-order valence-electron chi connectivity index (χ2n) is 6.71.